The van der Waals surface area contributed by atoms with E-state index in [2.05, 4.69) is 25.7 Å². The van der Waals surface area contributed by atoms with Crippen LogP contribution < -0.4 is 16.0 Å². The highest BCUT2D eigenvalue weighted by molar-refractivity contribution is 7.14. The van der Waals surface area contributed by atoms with E-state index in [0.29, 0.717) is 13.1 Å². The van der Waals surface area contributed by atoms with Crippen LogP contribution in [0, 0.1) is 0 Å². The molecule has 1 fully saturated rings. The van der Waals surface area contributed by atoms with E-state index in [9.17, 15) is 19.2 Å². The number of nitrogens with one attached hydrogen (secondary N) is 3. The van der Waals surface area contributed by atoms with Gasteiger partial charge in [0.25, 0.3) is 11.8 Å². The Morgan fingerprint density at radius 3 is 2.61 bits per heavy atom. The summed E-state index contributed by atoms with van der Waals surface area (Å²) in [5.41, 5.74) is 0.396. The van der Waals surface area contributed by atoms with E-state index in [4.69, 9.17) is 0 Å². The molecule has 3 rings (SSSR count). The van der Waals surface area contributed by atoms with Crippen molar-refractivity contribution in [3.63, 3.8) is 0 Å². The van der Waals surface area contributed by atoms with Gasteiger partial charge in [0.15, 0.2) is 0 Å². The number of nitrogens with zero attached hydrogens (tertiary/aromatic N) is 2. The Hall–Kier alpha value is -3.47. The molecule has 1 aliphatic heterocycles. The van der Waals surface area contributed by atoms with E-state index in [1.807, 2.05) is 0 Å². The fraction of sp³-hybridized carbons (Fsp3) is 0.350. The molecule has 10 nitrogen and oxygen atoms in total. The number of ether oxygens (including phenoxy) is 1. The van der Waals surface area contributed by atoms with Gasteiger partial charge in [-0.15, -0.1) is 11.3 Å². The van der Waals surface area contributed by atoms with Crippen molar-refractivity contribution in [2.45, 2.75) is 26.2 Å². The fourth-order valence-corrected chi connectivity index (χ4v) is 3.79. The van der Waals surface area contributed by atoms with Crippen molar-refractivity contribution < 1.29 is 23.9 Å². The second-order valence-corrected chi connectivity index (χ2v) is 7.62. The third-order valence-electron chi connectivity index (χ3n) is 4.53. The zero-order valence-electron chi connectivity index (χ0n) is 17.0. The number of amides is 5. The highest BCUT2D eigenvalue weighted by atomic mass is 32.1. The van der Waals surface area contributed by atoms with Crippen LogP contribution in [0.5, 0.6) is 0 Å². The zero-order chi connectivity index (χ0) is 22.2. The lowest BCUT2D eigenvalue weighted by Crippen LogP contribution is -2.38. The average Bonchev–Trinajstić information content (AvgIpc) is 3.23. The van der Waals surface area contributed by atoms with Crippen LogP contribution in [0.15, 0.2) is 29.8 Å². The number of carbonyl (C=O) groups is 4. The third-order valence-corrected chi connectivity index (χ3v) is 5.36. The minimum Gasteiger partial charge on any atom is -0.450 e. The SMILES string of the molecule is CCOC(=O)NC(=O)c1ccsc1NC(=O)c1ccnc(NC(=O)N2CCCCC2)c1. The molecule has 3 N–H and O–H groups in total. The number of alkyl carbamates (subject to hydrolysis) is 1. The van der Waals surface area contributed by atoms with Crippen molar-refractivity contribution in [3.05, 3.63) is 40.9 Å². The summed E-state index contributed by atoms with van der Waals surface area (Å²) in [6.45, 7) is 3.14. The van der Waals surface area contributed by atoms with E-state index in [0.717, 1.165) is 30.6 Å². The molecule has 2 aromatic rings. The van der Waals surface area contributed by atoms with Crippen LogP contribution in [0.2, 0.25) is 0 Å². The van der Waals surface area contributed by atoms with Gasteiger partial charge in [-0.05, 0) is 49.8 Å². The molecule has 0 radical (unpaired) electrons. The van der Waals surface area contributed by atoms with Gasteiger partial charge < -0.3 is 15.0 Å². The molecule has 31 heavy (non-hydrogen) atoms. The van der Waals surface area contributed by atoms with E-state index in [1.165, 1.54) is 24.4 Å². The van der Waals surface area contributed by atoms with Gasteiger partial charge >= 0.3 is 12.1 Å². The molecule has 11 heteroatoms. The summed E-state index contributed by atoms with van der Waals surface area (Å²) in [5.74, 6) is -0.905. The van der Waals surface area contributed by atoms with Gasteiger partial charge in [0.2, 0.25) is 0 Å². The maximum Gasteiger partial charge on any atom is 0.414 e. The van der Waals surface area contributed by atoms with E-state index >= 15 is 0 Å². The Bertz CT molecular complexity index is 970. The molecule has 0 spiro atoms. The highest BCUT2D eigenvalue weighted by Gasteiger charge is 2.20. The molecule has 0 aliphatic carbocycles. The minimum absolute atomic E-state index is 0.130. The summed E-state index contributed by atoms with van der Waals surface area (Å²) in [4.78, 5) is 54.5. The summed E-state index contributed by atoms with van der Waals surface area (Å²) in [5, 5.41) is 9.35. The minimum atomic E-state index is -0.862. The number of pyridine rings is 1. The standard InChI is InChI=1S/C20H23N5O5S/c1-2-30-20(29)24-17(27)14-7-11-31-18(14)23-16(26)13-6-8-21-15(12-13)22-19(28)25-9-4-3-5-10-25/h6-8,11-12H,2-5,9-10H2,1H3,(H,23,26)(H,21,22,28)(H,24,27,29). The molecule has 164 valence electrons. The number of urea groups is 1. The van der Waals surface area contributed by atoms with Crippen molar-refractivity contribution in [2.24, 2.45) is 0 Å². The van der Waals surface area contributed by atoms with Gasteiger partial charge in [0.1, 0.15) is 10.8 Å². The number of hydrogen-bond acceptors (Lipinski definition) is 7. The Labute approximate surface area is 183 Å². The quantitative estimate of drug-likeness (QED) is 0.647. The van der Waals surface area contributed by atoms with Gasteiger partial charge in [-0.25, -0.2) is 14.6 Å². The second-order valence-electron chi connectivity index (χ2n) is 6.70. The van der Waals surface area contributed by atoms with Gasteiger partial charge in [-0.2, -0.15) is 0 Å². The number of piperidine rings is 1. The molecular formula is C20H23N5O5S. The van der Waals surface area contributed by atoms with Crippen molar-refractivity contribution in [1.29, 1.82) is 0 Å². The van der Waals surface area contributed by atoms with Crippen molar-refractivity contribution >= 4 is 46.1 Å². The van der Waals surface area contributed by atoms with Crippen LogP contribution in [-0.4, -0.2) is 53.5 Å². The van der Waals surface area contributed by atoms with Crippen LogP contribution in [-0.2, 0) is 4.74 Å². The first-order valence-corrected chi connectivity index (χ1v) is 10.7. The molecule has 0 aromatic carbocycles. The van der Waals surface area contributed by atoms with E-state index < -0.39 is 17.9 Å². The van der Waals surface area contributed by atoms with Crippen LogP contribution >= 0.6 is 11.3 Å². The molecule has 0 unspecified atom stereocenters. The Morgan fingerprint density at radius 2 is 1.87 bits per heavy atom. The average molecular weight is 446 g/mol. The van der Waals surface area contributed by atoms with E-state index in [-0.39, 0.29) is 34.6 Å². The Kier molecular flexibility index (Phi) is 7.55. The molecular weight excluding hydrogens is 422 g/mol. The number of anilines is 2. The first kappa shape index (κ1) is 22.2. The normalized spacial score (nSPS) is 13.3. The number of rotatable bonds is 5. The maximum atomic E-state index is 12.7. The van der Waals surface area contributed by atoms with Gasteiger partial charge in [-0.1, -0.05) is 0 Å². The zero-order valence-corrected chi connectivity index (χ0v) is 17.8. The number of likely N-dealkylation sites (tertiary alicyclic amines) is 1. The predicted octanol–water partition coefficient (Wildman–Crippen LogP) is 3.30. The van der Waals surface area contributed by atoms with Crippen LogP contribution in [0.3, 0.4) is 0 Å². The molecule has 0 bridgehead atoms. The first-order valence-electron chi connectivity index (χ1n) is 9.87. The fourth-order valence-electron chi connectivity index (χ4n) is 3.01. The maximum absolute atomic E-state index is 12.7. The largest absolute Gasteiger partial charge is 0.450 e. The lowest BCUT2D eigenvalue weighted by Gasteiger charge is -2.26. The molecule has 2 aromatic heterocycles. The second kappa shape index (κ2) is 10.5. The smallest absolute Gasteiger partial charge is 0.414 e. The Balaban J connectivity index is 1.64. The summed E-state index contributed by atoms with van der Waals surface area (Å²) in [6.07, 6.45) is 3.61. The van der Waals surface area contributed by atoms with Crippen LogP contribution in [0.4, 0.5) is 20.4 Å². The topological polar surface area (TPSA) is 130 Å². The van der Waals surface area contributed by atoms with Crippen LogP contribution in [0.1, 0.15) is 46.9 Å². The lowest BCUT2D eigenvalue weighted by atomic mass is 10.1. The summed E-state index contributed by atoms with van der Waals surface area (Å²) >= 11 is 1.14. The van der Waals surface area contributed by atoms with Gasteiger partial charge in [-0.3, -0.25) is 20.2 Å². The van der Waals surface area contributed by atoms with Crippen molar-refractivity contribution in [2.75, 3.05) is 30.3 Å². The lowest BCUT2D eigenvalue weighted by molar-refractivity contribution is 0.0926. The number of aromatic nitrogens is 1. The monoisotopic (exact) mass is 445 g/mol. The number of carbonyl (C=O) groups excluding carboxylic acids is 4. The van der Waals surface area contributed by atoms with Gasteiger partial charge in [0, 0.05) is 24.8 Å². The van der Waals surface area contributed by atoms with Gasteiger partial charge in [0.05, 0.1) is 12.2 Å². The highest BCUT2D eigenvalue weighted by Crippen LogP contribution is 2.24. The van der Waals surface area contributed by atoms with Crippen molar-refractivity contribution in [3.8, 4) is 0 Å². The summed E-state index contributed by atoms with van der Waals surface area (Å²) < 4.78 is 4.69. The molecule has 0 saturated carbocycles. The third kappa shape index (κ3) is 6.01. The molecule has 0 atom stereocenters. The van der Waals surface area contributed by atoms with Crippen LogP contribution in [0.25, 0.3) is 0 Å². The van der Waals surface area contributed by atoms with E-state index in [1.54, 1.807) is 17.2 Å². The number of hydrogen-bond donors (Lipinski definition) is 3. The number of imide groups is 1. The first-order chi connectivity index (χ1) is 15.0. The molecule has 1 aliphatic rings. The Morgan fingerprint density at radius 1 is 1.10 bits per heavy atom. The number of thiophene rings is 1. The summed E-state index contributed by atoms with van der Waals surface area (Å²) in [7, 11) is 0. The summed E-state index contributed by atoms with van der Waals surface area (Å²) in [6, 6.07) is 4.20. The predicted molar refractivity (Wildman–Crippen MR) is 115 cm³/mol. The van der Waals surface area contributed by atoms with Crippen molar-refractivity contribution in [1.82, 2.24) is 15.2 Å². The molecule has 3 heterocycles. The molecule has 5 amide bonds. The molecule has 1 saturated heterocycles.